The maximum Gasteiger partial charge on any atom is 0.0454 e. The average molecular weight is 267 g/mol. The predicted molar refractivity (Wildman–Crippen MR) is 80.3 cm³/mol. The van der Waals surface area contributed by atoms with E-state index in [1.54, 1.807) is 0 Å². The van der Waals surface area contributed by atoms with Gasteiger partial charge in [0.15, 0.2) is 0 Å². The Balaban J connectivity index is 2.06. The molecule has 0 saturated heterocycles. The van der Waals surface area contributed by atoms with Crippen LogP contribution in [0, 0.1) is 0 Å². The van der Waals surface area contributed by atoms with Crippen molar-refractivity contribution in [2.24, 2.45) is 0 Å². The number of thiophene rings is 2. The zero-order valence-corrected chi connectivity index (χ0v) is 12.3. The first-order valence-electron chi connectivity index (χ1n) is 6.55. The molecule has 1 N–H and O–H groups in total. The summed E-state index contributed by atoms with van der Waals surface area (Å²) in [7, 11) is 0. The minimum Gasteiger partial charge on any atom is -0.310 e. The number of hydrogen-bond acceptors (Lipinski definition) is 3. The molecule has 0 aromatic carbocycles. The molecule has 1 unspecified atom stereocenters. The number of hydrogen-bond donors (Lipinski definition) is 1. The van der Waals surface area contributed by atoms with E-state index in [1.165, 1.54) is 40.0 Å². The molecule has 2 aromatic heterocycles. The minimum absolute atomic E-state index is 0.566. The van der Waals surface area contributed by atoms with Crippen LogP contribution < -0.4 is 5.32 Å². The van der Waals surface area contributed by atoms with Gasteiger partial charge < -0.3 is 5.32 Å². The molecule has 0 spiro atoms. The molecule has 0 bridgehead atoms. The van der Waals surface area contributed by atoms with Crippen molar-refractivity contribution in [3.05, 3.63) is 22.4 Å². The van der Waals surface area contributed by atoms with E-state index in [4.69, 9.17) is 0 Å². The molecular formula is C14H21NS2. The Morgan fingerprint density at radius 3 is 2.82 bits per heavy atom. The third-order valence-electron chi connectivity index (χ3n) is 3.05. The monoisotopic (exact) mass is 267 g/mol. The van der Waals surface area contributed by atoms with Crippen LogP contribution in [0.3, 0.4) is 0 Å². The van der Waals surface area contributed by atoms with Crippen LogP contribution in [0.5, 0.6) is 0 Å². The first-order chi connectivity index (χ1) is 8.35. The third kappa shape index (κ3) is 3.30. The Morgan fingerprint density at radius 2 is 2.12 bits per heavy atom. The van der Waals surface area contributed by atoms with Crippen molar-refractivity contribution < 1.29 is 0 Å². The third-order valence-corrected chi connectivity index (χ3v) is 5.26. The van der Waals surface area contributed by atoms with Crippen LogP contribution in [0.2, 0.25) is 0 Å². The number of fused-ring (bicyclic) bond motifs is 1. The van der Waals surface area contributed by atoms with E-state index in [2.05, 4.69) is 36.7 Å². The quantitative estimate of drug-likeness (QED) is 0.680. The topological polar surface area (TPSA) is 12.0 Å². The summed E-state index contributed by atoms with van der Waals surface area (Å²) in [5.74, 6) is 0. The lowest BCUT2D eigenvalue weighted by Gasteiger charge is -2.15. The molecule has 3 heteroatoms. The maximum absolute atomic E-state index is 3.62. The zero-order chi connectivity index (χ0) is 12.1. The van der Waals surface area contributed by atoms with Crippen LogP contribution >= 0.6 is 22.7 Å². The predicted octanol–water partition coefficient (Wildman–Crippen LogP) is 5.19. The molecule has 0 fully saturated rings. The number of unbranched alkanes of at least 4 members (excludes halogenated alkanes) is 2. The molecule has 2 rings (SSSR count). The van der Waals surface area contributed by atoms with Gasteiger partial charge in [0.1, 0.15) is 0 Å². The average Bonchev–Trinajstić information content (AvgIpc) is 2.88. The highest BCUT2D eigenvalue weighted by atomic mass is 32.1. The summed E-state index contributed by atoms with van der Waals surface area (Å²) < 4.78 is 2.90. The smallest absolute Gasteiger partial charge is 0.0454 e. The molecule has 2 heterocycles. The van der Waals surface area contributed by atoms with E-state index in [1.807, 2.05) is 22.7 Å². The molecule has 0 aliphatic carbocycles. The second-order valence-electron chi connectivity index (χ2n) is 4.40. The van der Waals surface area contributed by atoms with Gasteiger partial charge in [-0.2, -0.15) is 0 Å². The van der Waals surface area contributed by atoms with Crippen LogP contribution in [0.1, 0.15) is 50.4 Å². The van der Waals surface area contributed by atoms with Crippen molar-refractivity contribution in [2.45, 2.75) is 45.6 Å². The van der Waals surface area contributed by atoms with Gasteiger partial charge in [0.2, 0.25) is 0 Å². The lowest BCUT2D eigenvalue weighted by Crippen LogP contribution is -2.19. The fraction of sp³-hybridized carbons (Fsp3) is 0.571. The SMILES string of the molecule is CCCCCC(NCC)c1cc2sccc2s1. The van der Waals surface area contributed by atoms with Crippen molar-refractivity contribution in [3.63, 3.8) is 0 Å². The molecule has 0 radical (unpaired) electrons. The van der Waals surface area contributed by atoms with Crippen LogP contribution in [0.4, 0.5) is 0 Å². The Bertz CT molecular complexity index is 415. The standard InChI is InChI=1S/C14H21NS2/c1-3-5-6-7-11(15-4-2)13-10-14-12(17-13)8-9-16-14/h8-11,15H,3-7H2,1-2H3. The van der Waals surface area contributed by atoms with Crippen LogP contribution in [-0.4, -0.2) is 6.54 Å². The van der Waals surface area contributed by atoms with Gasteiger partial charge in [-0.15, -0.1) is 22.7 Å². The van der Waals surface area contributed by atoms with Crippen LogP contribution in [0.25, 0.3) is 9.40 Å². The summed E-state index contributed by atoms with van der Waals surface area (Å²) in [6.07, 6.45) is 5.26. The number of rotatable bonds is 7. The van der Waals surface area contributed by atoms with E-state index in [0.717, 1.165) is 6.54 Å². The van der Waals surface area contributed by atoms with Gasteiger partial charge in [-0.05, 0) is 30.5 Å². The largest absolute Gasteiger partial charge is 0.310 e. The molecule has 1 nitrogen and oxygen atoms in total. The van der Waals surface area contributed by atoms with Crippen molar-refractivity contribution in [1.29, 1.82) is 0 Å². The summed E-state index contributed by atoms with van der Waals surface area (Å²) >= 11 is 3.81. The van der Waals surface area contributed by atoms with Gasteiger partial charge in [0.05, 0.1) is 0 Å². The van der Waals surface area contributed by atoms with Crippen molar-refractivity contribution in [3.8, 4) is 0 Å². The fourth-order valence-corrected chi connectivity index (χ4v) is 4.38. The molecule has 17 heavy (non-hydrogen) atoms. The minimum atomic E-state index is 0.566. The molecule has 0 amide bonds. The Morgan fingerprint density at radius 1 is 1.24 bits per heavy atom. The second kappa shape index (κ2) is 6.53. The first-order valence-corrected chi connectivity index (χ1v) is 8.25. The van der Waals surface area contributed by atoms with Gasteiger partial charge in [0.25, 0.3) is 0 Å². The van der Waals surface area contributed by atoms with Crippen LogP contribution in [0.15, 0.2) is 17.5 Å². The van der Waals surface area contributed by atoms with Gasteiger partial charge >= 0.3 is 0 Å². The van der Waals surface area contributed by atoms with Gasteiger partial charge in [-0.25, -0.2) is 0 Å². The summed E-state index contributed by atoms with van der Waals surface area (Å²) in [4.78, 5) is 1.52. The molecule has 0 saturated carbocycles. The lowest BCUT2D eigenvalue weighted by atomic mass is 10.1. The van der Waals surface area contributed by atoms with E-state index in [0.29, 0.717) is 6.04 Å². The first kappa shape index (κ1) is 13.1. The molecule has 0 aliphatic rings. The van der Waals surface area contributed by atoms with Crippen molar-refractivity contribution in [1.82, 2.24) is 5.32 Å². The summed E-state index contributed by atoms with van der Waals surface area (Å²) in [6, 6.07) is 5.18. The lowest BCUT2D eigenvalue weighted by molar-refractivity contribution is 0.493. The second-order valence-corrected chi connectivity index (χ2v) is 6.47. The Labute approximate surface area is 112 Å². The molecule has 1 atom stereocenters. The van der Waals surface area contributed by atoms with E-state index in [9.17, 15) is 0 Å². The Kier molecular flexibility index (Phi) is 5.01. The summed E-state index contributed by atoms with van der Waals surface area (Å²) in [6.45, 7) is 5.52. The Hall–Kier alpha value is -0.380. The van der Waals surface area contributed by atoms with Gasteiger partial charge in [-0.1, -0.05) is 33.1 Å². The zero-order valence-electron chi connectivity index (χ0n) is 10.7. The van der Waals surface area contributed by atoms with Crippen molar-refractivity contribution in [2.75, 3.05) is 6.54 Å². The number of nitrogens with one attached hydrogen (secondary N) is 1. The van der Waals surface area contributed by atoms with Gasteiger partial charge in [-0.3, -0.25) is 0 Å². The highest BCUT2D eigenvalue weighted by molar-refractivity contribution is 7.26. The van der Waals surface area contributed by atoms with E-state index < -0.39 is 0 Å². The fourth-order valence-electron chi connectivity index (χ4n) is 2.15. The van der Waals surface area contributed by atoms with E-state index >= 15 is 0 Å². The normalized spacial score (nSPS) is 13.3. The van der Waals surface area contributed by atoms with Crippen molar-refractivity contribution >= 4 is 32.1 Å². The molecule has 2 aromatic rings. The highest BCUT2D eigenvalue weighted by Crippen LogP contribution is 2.35. The van der Waals surface area contributed by atoms with Crippen LogP contribution in [-0.2, 0) is 0 Å². The molecule has 0 aliphatic heterocycles. The van der Waals surface area contributed by atoms with E-state index in [-0.39, 0.29) is 0 Å². The maximum atomic E-state index is 3.62. The summed E-state index contributed by atoms with van der Waals surface area (Å²) in [5.41, 5.74) is 0. The molecule has 94 valence electrons. The summed E-state index contributed by atoms with van der Waals surface area (Å²) in [5, 5.41) is 5.81. The van der Waals surface area contributed by atoms with Gasteiger partial charge in [0, 0.05) is 20.3 Å². The highest BCUT2D eigenvalue weighted by Gasteiger charge is 2.13. The molecular weight excluding hydrogens is 246 g/mol.